The number of aliphatic hydroxyl groups is 2. The summed E-state index contributed by atoms with van der Waals surface area (Å²) in [5.41, 5.74) is 3.65. The van der Waals surface area contributed by atoms with Crippen molar-refractivity contribution in [3.05, 3.63) is 63.5 Å². The summed E-state index contributed by atoms with van der Waals surface area (Å²) >= 11 is 0. The molecule has 4 rings (SSSR count). The first-order valence-corrected chi connectivity index (χ1v) is 13.6. The van der Waals surface area contributed by atoms with Gasteiger partial charge in [-0.25, -0.2) is 0 Å². The second-order valence-electron chi connectivity index (χ2n) is 9.32. The van der Waals surface area contributed by atoms with Crippen molar-refractivity contribution in [1.29, 1.82) is 0 Å². The third-order valence-electron chi connectivity index (χ3n) is 6.94. The molecule has 2 aliphatic rings. The van der Waals surface area contributed by atoms with Gasteiger partial charge in [0.2, 0.25) is 0 Å². The van der Waals surface area contributed by atoms with Crippen molar-refractivity contribution in [2.75, 3.05) is 0 Å². The number of nitrogens with zero attached hydrogens (tertiary/aromatic N) is 1. The van der Waals surface area contributed by atoms with Crippen molar-refractivity contribution in [3.8, 4) is 0 Å². The zero-order valence-electron chi connectivity index (χ0n) is 23.6. The van der Waals surface area contributed by atoms with Gasteiger partial charge >= 0.3 is 6.18 Å². The van der Waals surface area contributed by atoms with Crippen LogP contribution in [0.4, 0.5) is 13.2 Å². The van der Waals surface area contributed by atoms with E-state index in [1.165, 1.54) is 18.6 Å². The van der Waals surface area contributed by atoms with Gasteiger partial charge in [-0.15, -0.1) is 0 Å². The van der Waals surface area contributed by atoms with E-state index in [2.05, 4.69) is 0 Å². The molecule has 6 heteroatoms. The van der Waals surface area contributed by atoms with E-state index in [0.717, 1.165) is 53.9 Å². The van der Waals surface area contributed by atoms with Crippen LogP contribution in [0.2, 0.25) is 0 Å². The smallest absolute Gasteiger partial charge is 0.388 e. The van der Waals surface area contributed by atoms with E-state index in [1.807, 2.05) is 62.3 Å². The second kappa shape index (κ2) is 13.6. The number of pyridine rings is 1. The van der Waals surface area contributed by atoms with E-state index in [1.54, 1.807) is 0 Å². The van der Waals surface area contributed by atoms with Crippen LogP contribution >= 0.6 is 0 Å². The van der Waals surface area contributed by atoms with E-state index in [0.29, 0.717) is 17.5 Å². The van der Waals surface area contributed by atoms with Crippen LogP contribution in [0.1, 0.15) is 138 Å². The Morgan fingerprint density at radius 1 is 0.972 bits per heavy atom. The van der Waals surface area contributed by atoms with Gasteiger partial charge in [0.05, 0.1) is 11.7 Å². The zero-order valence-corrected chi connectivity index (χ0v) is 23.6. The molecule has 1 spiro atoms. The molecule has 0 saturated heterocycles. The summed E-state index contributed by atoms with van der Waals surface area (Å²) in [6, 6.07) is 4.61. The Hall–Kier alpha value is -1.92. The number of hydrogen-bond acceptors (Lipinski definition) is 3. The fourth-order valence-electron chi connectivity index (χ4n) is 5.20. The normalized spacial score (nSPS) is 18.4. The Morgan fingerprint density at radius 3 is 1.92 bits per heavy atom. The Morgan fingerprint density at radius 2 is 1.50 bits per heavy atom. The summed E-state index contributed by atoms with van der Waals surface area (Å²) in [5, 5.41) is 22.1. The minimum absolute atomic E-state index is 0.0320. The number of fused-ring (bicyclic) bond motifs is 1. The number of aromatic nitrogens is 1. The van der Waals surface area contributed by atoms with Crippen LogP contribution < -0.4 is 0 Å². The highest BCUT2D eigenvalue weighted by atomic mass is 19.4. The molecule has 0 radical (unpaired) electrons. The molecule has 2 aromatic rings. The van der Waals surface area contributed by atoms with Crippen molar-refractivity contribution < 1.29 is 23.4 Å². The maximum Gasteiger partial charge on any atom is 0.416 e. The van der Waals surface area contributed by atoms with Gasteiger partial charge in [-0.05, 0) is 67.2 Å². The highest BCUT2D eigenvalue weighted by Gasteiger charge is 2.45. The minimum Gasteiger partial charge on any atom is -0.388 e. The van der Waals surface area contributed by atoms with Gasteiger partial charge in [-0.2, -0.15) is 13.2 Å². The topological polar surface area (TPSA) is 53.4 Å². The van der Waals surface area contributed by atoms with Crippen molar-refractivity contribution >= 4 is 0 Å². The van der Waals surface area contributed by atoms with Gasteiger partial charge < -0.3 is 10.2 Å². The van der Waals surface area contributed by atoms with E-state index >= 15 is 0 Å². The SMILES string of the molecule is CC.CC.CC.Cc1c2c(nc(C(C)C)c1C(O)c1ccc(C(F)(F)F)cc1)CC1(CCC1)CC2O. The first-order valence-electron chi connectivity index (χ1n) is 13.6. The minimum atomic E-state index is -4.42. The molecule has 2 aliphatic carbocycles. The van der Waals surface area contributed by atoms with E-state index < -0.39 is 23.9 Å². The van der Waals surface area contributed by atoms with Crippen molar-refractivity contribution in [1.82, 2.24) is 4.98 Å². The van der Waals surface area contributed by atoms with Crippen LogP contribution in [0.15, 0.2) is 24.3 Å². The molecule has 2 unspecified atom stereocenters. The van der Waals surface area contributed by atoms with Crippen molar-refractivity contribution in [3.63, 3.8) is 0 Å². The fraction of sp³-hybridized carbons (Fsp3) is 0.633. The lowest BCUT2D eigenvalue weighted by Crippen LogP contribution is -2.38. The number of halogens is 3. The molecule has 1 heterocycles. The first-order chi connectivity index (χ1) is 17.0. The molecule has 204 valence electrons. The van der Waals surface area contributed by atoms with Gasteiger partial charge in [0, 0.05) is 22.5 Å². The van der Waals surface area contributed by atoms with Gasteiger partial charge in [0.15, 0.2) is 0 Å². The molecule has 36 heavy (non-hydrogen) atoms. The second-order valence-corrected chi connectivity index (χ2v) is 9.32. The average molecular weight is 510 g/mol. The maximum absolute atomic E-state index is 12.9. The molecular formula is C30H46F3NO2. The molecule has 3 nitrogen and oxygen atoms in total. The lowest BCUT2D eigenvalue weighted by molar-refractivity contribution is -0.137. The fourth-order valence-corrected chi connectivity index (χ4v) is 5.20. The van der Waals surface area contributed by atoms with Crippen molar-refractivity contribution in [2.24, 2.45) is 5.41 Å². The largest absolute Gasteiger partial charge is 0.416 e. The Kier molecular flexibility index (Phi) is 12.1. The summed E-state index contributed by atoms with van der Waals surface area (Å²) in [4.78, 5) is 4.90. The summed E-state index contributed by atoms with van der Waals surface area (Å²) < 4.78 is 38.7. The maximum atomic E-state index is 12.9. The van der Waals surface area contributed by atoms with E-state index in [9.17, 15) is 23.4 Å². The highest BCUT2D eigenvalue weighted by Crippen LogP contribution is 2.54. The van der Waals surface area contributed by atoms with E-state index in [-0.39, 0.29) is 11.3 Å². The highest BCUT2D eigenvalue weighted by molar-refractivity contribution is 5.48. The molecule has 1 aromatic heterocycles. The Labute approximate surface area is 216 Å². The molecule has 1 fully saturated rings. The first kappa shape index (κ1) is 32.1. The molecule has 1 aromatic carbocycles. The molecule has 2 atom stereocenters. The molecule has 0 bridgehead atoms. The summed E-state index contributed by atoms with van der Waals surface area (Å²) in [5.74, 6) is 0.0320. The Balaban J connectivity index is 0.00000101. The number of hydrogen-bond donors (Lipinski definition) is 2. The van der Waals surface area contributed by atoms with Crippen LogP contribution in [0, 0.1) is 12.3 Å². The van der Waals surface area contributed by atoms with Gasteiger partial charge in [-0.3, -0.25) is 4.98 Å². The third-order valence-corrected chi connectivity index (χ3v) is 6.94. The zero-order chi connectivity index (χ0) is 27.8. The predicted molar refractivity (Wildman–Crippen MR) is 142 cm³/mol. The van der Waals surface area contributed by atoms with Crippen LogP contribution in [0.25, 0.3) is 0 Å². The van der Waals surface area contributed by atoms with Gasteiger partial charge in [0.1, 0.15) is 6.10 Å². The molecule has 0 aliphatic heterocycles. The summed E-state index contributed by atoms with van der Waals surface area (Å²) in [6.45, 7) is 17.9. The molecular weight excluding hydrogens is 463 g/mol. The Bertz CT molecular complexity index is 948. The van der Waals surface area contributed by atoms with Crippen LogP contribution in [0.5, 0.6) is 0 Å². The number of benzene rings is 1. The van der Waals surface area contributed by atoms with E-state index in [4.69, 9.17) is 4.98 Å². The van der Waals surface area contributed by atoms with Crippen LogP contribution in [0.3, 0.4) is 0 Å². The summed E-state index contributed by atoms with van der Waals surface area (Å²) in [7, 11) is 0. The molecule has 0 amide bonds. The van der Waals surface area contributed by atoms with Crippen molar-refractivity contribution in [2.45, 2.75) is 119 Å². The lowest BCUT2D eigenvalue weighted by atomic mass is 9.59. The average Bonchev–Trinajstić information content (AvgIpc) is 2.85. The number of aliphatic hydroxyl groups excluding tert-OH is 2. The number of rotatable bonds is 3. The standard InChI is InChI=1S/C24H28F3NO2.3C2H6/c1-13(2)21-20(22(30)15-5-7-16(8-6-15)24(25,26)27)14(3)19-17(28-21)11-23(9-4-10-23)12-18(19)29;3*1-2/h5-8,13,18,22,29-30H,4,9-12H2,1-3H3;3*1-2H3. The lowest BCUT2D eigenvalue weighted by Gasteiger charge is -2.47. The van der Waals surface area contributed by atoms with Crippen LogP contribution in [-0.2, 0) is 12.6 Å². The molecule has 2 N–H and O–H groups in total. The number of alkyl halides is 3. The molecule has 1 saturated carbocycles. The predicted octanol–water partition coefficient (Wildman–Crippen LogP) is 8.84. The third kappa shape index (κ3) is 6.69. The van der Waals surface area contributed by atoms with Crippen LogP contribution in [-0.4, -0.2) is 15.2 Å². The van der Waals surface area contributed by atoms with Gasteiger partial charge in [-0.1, -0.05) is 73.9 Å². The van der Waals surface area contributed by atoms with Gasteiger partial charge in [0.25, 0.3) is 0 Å². The monoisotopic (exact) mass is 509 g/mol. The summed E-state index contributed by atoms with van der Waals surface area (Å²) in [6.07, 6.45) is -1.19. The quantitative estimate of drug-likeness (QED) is 0.434.